The molecule has 0 fully saturated rings. The van der Waals surface area contributed by atoms with Crippen molar-refractivity contribution in [1.82, 2.24) is 15.0 Å². The van der Waals surface area contributed by atoms with E-state index in [1.807, 2.05) is 26.8 Å². The molecule has 2 aromatic rings. The van der Waals surface area contributed by atoms with Gasteiger partial charge in [0.15, 0.2) is 0 Å². The van der Waals surface area contributed by atoms with Crippen LogP contribution in [0.3, 0.4) is 0 Å². The molecule has 0 aliphatic rings. The van der Waals surface area contributed by atoms with Crippen molar-refractivity contribution in [3.63, 3.8) is 0 Å². The third-order valence-corrected chi connectivity index (χ3v) is 1.89. The SMILES string of the molecule is CC.Cc1ncnc2cc(S)cnc12. The fourth-order valence-corrected chi connectivity index (χ4v) is 1.24. The number of fused-ring (bicyclic) bond motifs is 1. The summed E-state index contributed by atoms with van der Waals surface area (Å²) < 4.78 is 0. The van der Waals surface area contributed by atoms with Gasteiger partial charge in [-0.2, -0.15) is 0 Å². The normalized spacial score (nSPS) is 9.43. The third kappa shape index (κ3) is 2.20. The Bertz CT molecular complexity index is 429. The number of thiol groups is 1. The zero-order valence-corrected chi connectivity index (χ0v) is 9.42. The van der Waals surface area contributed by atoms with Gasteiger partial charge in [0.05, 0.1) is 11.2 Å². The first-order chi connectivity index (χ1) is 6.77. The fraction of sp³-hybridized carbons (Fsp3) is 0.300. The van der Waals surface area contributed by atoms with E-state index in [4.69, 9.17) is 0 Å². The average molecular weight is 207 g/mol. The van der Waals surface area contributed by atoms with E-state index in [0.29, 0.717) is 0 Å². The van der Waals surface area contributed by atoms with Crippen LogP contribution < -0.4 is 0 Å². The Morgan fingerprint density at radius 2 is 1.86 bits per heavy atom. The van der Waals surface area contributed by atoms with Crippen molar-refractivity contribution >= 4 is 23.7 Å². The maximum Gasteiger partial charge on any atom is 0.116 e. The van der Waals surface area contributed by atoms with E-state index in [0.717, 1.165) is 21.6 Å². The van der Waals surface area contributed by atoms with Crippen LogP contribution in [0.25, 0.3) is 11.0 Å². The second kappa shape index (κ2) is 4.91. The van der Waals surface area contributed by atoms with Gasteiger partial charge < -0.3 is 0 Å². The summed E-state index contributed by atoms with van der Waals surface area (Å²) in [5, 5.41) is 0. The molecule has 2 aromatic heterocycles. The quantitative estimate of drug-likeness (QED) is 0.675. The van der Waals surface area contributed by atoms with Crippen LogP contribution in [-0.2, 0) is 0 Å². The first-order valence-corrected chi connectivity index (χ1v) is 4.98. The first kappa shape index (κ1) is 10.9. The lowest BCUT2D eigenvalue weighted by Crippen LogP contribution is -1.89. The van der Waals surface area contributed by atoms with Gasteiger partial charge in [-0.05, 0) is 13.0 Å². The monoisotopic (exact) mass is 207 g/mol. The largest absolute Gasteiger partial charge is 0.252 e. The van der Waals surface area contributed by atoms with Crippen LogP contribution in [0.2, 0.25) is 0 Å². The van der Waals surface area contributed by atoms with Crippen molar-refractivity contribution in [3.8, 4) is 0 Å². The van der Waals surface area contributed by atoms with Crippen LogP contribution >= 0.6 is 12.6 Å². The summed E-state index contributed by atoms with van der Waals surface area (Å²) in [5.41, 5.74) is 2.58. The summed E-state index contributed by atoms with van der Waals surface area (Å²) in [6.07, 6.45) is 3.23. The average Bonchev–Trinajstić information content (AvgIpc) is 2.21. The number of rotatable bonds is 0. The van der Waals surface area contributed by atoms with Gasteiger partial charge in [-0.3, -0.25) is 4.98 Å². The van der Waals surface area contributed by atoms with E-state index in [-0.39, 0.29) is 0 Å². The lowest BCUT2D eigenvalue weighted by atomic mass is 10.3. The number of nitrogens with zero attached hydrogens (tertiary/aromatic N) is 3. The van der Waals surface area contributed by atoms with Crippen LogP contribution in [0.15, 0.2) is 23.5 Å². The molecule has 0 aliphatic heterocycles. The molecule has 14 heavy (non-hydrogen) atoms. The zero-order valence-electron chi connectivity index (χ0n) is 8.52. The second-order valence-corrected chi connectivity index (χ2v) is 3.04. The summed E-state index contributed by atoms with van der Waals surface area (Å²) in [4.78, 5) is 13.1. The van der Waals surface area contributed by atoms with Gasteiger partial charge in [-0.25, -0.2) is 9.97 Å². The Labute approximate surface area is 89.0 Å². The Morgan fingerprint density at radius 1 is 1.14 bits per heavy atom. The van der Waals surface area contributed by atoms with Crippen molar-refractivity contribution in [2.75, 3.05) is 0 Å². The van der Waals surface area contributed by atoms with E-state index in [1.165, 1.54) is 6.33 Å². The summed E-state index contributed by atoms with van der Waals surface area (Å²) >= 11 is 4.17. The summed E-state index contributed by atoms with van der Waals surface area (Å²) in [6.45, 7) is 5.91. The smallest absolute Gasteiger partial charge is 0.116 e. The molecule has 2 heterocycles. The highest BCUT2D eigenvalue weighted by molar-refractivity contribution is 7.80. The highest BCUT2D eigenvalue weighted by Gasteiger charge is 1.99. The minimum Gasteiger partial charge on any atom is -0.252 e. The lowest BCUT2D eigenvalue weighted by molar-refractivity contribution is 1.12. The molecule has 0 saturated carbocycles. The van der Waals surface area contributed by atoms with Crippen LogP contribution in [0.5, 0.6) is 0 Å². The van der Waals surface area contributed by atoms with Gasteiger partial charge in [0.25, 0.3) is 0 Å². The van der Waals surface area contributed by atoms with Crippen LogP contribution in [0.4, 0.5) is 0 Å². The Hall–Kier alpha value is -1.16. The van der Waals surface area contributed by atoms with Crippen molar-refractivity contribution < 1.29 is 0 Å². The number of aromatic nitrogens is 3. The molecule has 0 aliphatic carbocycles. The van der Waals surface area contributed by atoms with Crippen LogP contribution in [0.1, 0.15) is 19.5 Å². The number of hydrogen-bond donors (Lipinski definition) is 1. The van der Waals surface area contributed by atoms with Crippen LogP contribution in [0, 0.1) is 6.92 Å². The molecule has 0 bridgehead atoms. The van der Waals surface area contributed by atoms with E-state index in [2.05, 4.69) is 27.6 Å². The molecule has 3 nitrogen and oxygen atoms in total. The topological polar surface area (TPSA) is 38.7 Å². The van der Waals surface area contributed by atoms with Gasteiger partial charge >= 0.3 is 0 Å². The van der Waals surface area contributed by atoms with Gasteiger partial charge in [0.2, 0.25) is 0 Å². The highest BCUT2D eigenvalue weighted by Crippen LogP contribution is 2.14. The maximum absolute atomic E-state index is 4.18. The van der Waals surface area contributed by atoms with E-state index in [1.54, 1.807) is 6.20 Å². The molecule has 0 radical (unpaired) electrons. The summed E-state index contributed by atoms with van der Waals surface area (Å²) in [6, 6.07) is 1.88. The molecule has 74 valence electrons. The van der Waals surface area contributed by atoms with Crippen molar-refractivity contribution in [3.05, 3.63) is 24.3 Å². The number of hydrogen-bond acceptors (Lipinski definition) is 4. The van der Waals surface area contributed by atoms with E-state index in [9.17, 15) is 0 Å². The Morgan fingerprint density at radius 3 is 2.57 bits per heavy atom. The van der Waals surface area contributed by atoms with Crippen molar-refractivity contribution in [2.45, 2.75) is 25.7 Å². The third-order valence-electron chi connectivity index (χ3n) is 1.64. The molecule has 0 N–H and O–H groups in total. The molecular formula is C10H13N3S. The molecule has 0 spiro atoms. The van der Waals surface area contributed by atoms with Gasteiger partial charge in [0.1, 0.15) is 11.8 Å². The highest BCUT2D eigenvalue weighted by atomic mass is 32.1. The minimum atomic E-state index is 0.820. The number of aryl methyl sites for hydroxylation is 1. The summed E-state index contributed by atoms with van der Waals surface area (Å²) in [5.74, 6) is 0. The van der Waals surface area contributed by atoms with Crippen molar-refractivity contribution in [1.29, 1.82) is 0 Å². The fourth-order valence-electron chi connectivity index (χ4n) is 1.06. The Kier molecular flexibility index (Phi) is 3.83. The molecule has 0 amide bonds. The first-order valence-electron chi connectivity index (χ1n) is 4.54. The van der Waals surface area contributed by atoms with Crippen molar-refractivity contribution in [2.24, 2.45) is 0 Å². The van der Waals surface area contributed by atoms with Crippen LogP contribution in [-0.4, -0.2) is 15.0 Å². The molecule has 0 unspecified atom stereocenters. The predicted molar refractivity (Wildman–Crippen MR) is 60.7 cm³/mol. The minimum absolute atomic E-state index is 0.820. The van der Waals surface area contributed by atoms with Gasteiger partial charge in [-0.15, -0.1) is 12.6 Å². The van der Waals surface area contributed by atoms with E-state index >= 15 is 0 Å². The lowest BCUT2D eigenvalue weighted by Gasteiger charge is -1.98. The van der Waals surface area contributed by atoms with E-state index < -0.39 is 0 Å². The molecular weight excluding hydrogens is 194 g/mol. The van der Waals surface area contributed by atoms with Gasteiger partial charge in [0, 0.05) is 11.1 Å². The molecule has 4 heteroatoms. The molecule has 2 rings (SSSR count). The predicted octanol–water partition coefficient (Wildman–Crippen LogP) is 2.65. The molecule has 0 aromatic carbocycles. The Balaban J connectivity index is 0.000000461. The molecule has 0 saturated heterocycles. The summed E-state index contributed by atoms with van der Waals surface area (Å²) in [7, 11) is 0. The maximum atomic E-state index is 4.18. The van der Waals surface area contributed by atoms with Gasteiger partial charge in [-0.1, -0.05) is 13.8 Å². The molecule has 0 atom stereocenters. The number of pyridine rings is 1. The standard InChI is InChI=1S/C8H7N3S.C2H6/c1-5-8-7(11-4-10-5)2-6(12)3-9-8;1-2/h2-4,12H,1H3;1-2H3. The zero-order chi connectivity index (χ0) is 10.6. The second-order valence-electron chi connectivity index (χ2n) is 2.52.